The molecule has 0 bridgehead atoms. The molecule has 0 saturated carbocycles. The zero-order valence-corrected chi connectivity index (χ0v) is 15.6. The lowest BCUT2D eigenvalue weighted by Crippen LogP contribution is -2.41. The summed E-state index contributed by atoms with van der Waals surface area (Å²) in [6.07, 6.45) is 0. The van der Waals surface area contributed by atoms with Crippen LogP contribution in [0.1, 0.15) is 25.3 Å². The van der Waals surface area contributed by atoms with Crippen LogP contribution in [-0.4, -0.2) is 54.5 Å². The monoisotopic (exact) mass is 378 g/mol. The van der Waals surface area contributed by atoms with E-state index < -0.39 is 28.4 Å². The first-order valence-corrected chi connectivity index (χ1v) is 8.38. The van der Waals surface area contributed by atoms with Crippen molar-refractivity contribution in [2.75, 3.05) is 20.8 Å². The van der Waals surface area contributed by atoms with Crippen molar-refractivity contribution in [1.29, 1.82) is 0 Å². The molecule has 0 unspecified atom stereocenters. The van der Waals surface area contributed by atoms with E-state index in [2.05, 4.69) is 9.98 Å². The fourth-order valence-electron chi connectivity index (χ4n) is 2.97. The number of nitro benzene ring substituents is 1. The number of methoxy groups -OCH3 is 2. The molecule has 1 aliphatic rings. The summed E-state index contributed by atoms with van der Waals surface area (Å²) < 4.78 is 10.7. The van der Waals surface area contributed by atoms with E-state index in [1.54, 1.807) is 0 Å². The van der Waals surface area contributed by atoms with Gasteiger partial charge in [-0.3, -0.25) is 20.2 Å². The van der Waals surface area contributed by atoms with Gasteiger partial charge < -0.3 is 9.47 Å². The maximum atomic E-state index is 11.3. The molecular formula is C17H22N4O6. The van der Waals surface area contributed by atoms with Crippen molar-refractivity contribution in [3.63, 3.8) is 0 Å². The van der Waals surface area contributed by atoms with Crippen molar-refractivity contribution >= 4 is 17.5 Å². The highest BCUT2D eigenvalue weighted by molar-refractivity contribution is 5.94. The van der Waals surface area contributed by atoms with Crippen molar-refractivity contribution < 1.29 is 19.3 Å². The minimum absolute atomic E-state index is 0.0937. The van der Waals surface area contributed by atoms with Gasteiger partial charge in [-0.2, -0.15) is 0 Å². The van der Waals surface area contributed by atoms with Crippen molar-refractivity contribution in [1.82, 2.24) is 0 Å². The van der Waals surface area contributed by atoms with Crippen molar-refractivity contribution in [2.24, 2.45) is 15.9 Å². The molecule has 10 heteroatoms. The molecule has 0 spiro atoms. The summed E-state index contributed by atoms with van der Waals surface area (Å²) in [5.74, 6) is 0.0478. The number of hydrogen-bond donors (Lipinski definition) is 0. The van der Waals surface area contributed by atoms with E-state index in [-0.39, 0.29) is 23.5 Å². The van der Waals surface area contributed by atoms with Crippen molar-refractivity contribution in [3.8, 4) is 0 Å². The predicted octanol–water partition coefficient (Wildman–Crippen LogP) is 2.45. The number of ether oxygens (including phenoxy) is 2. The van der Waals surface area contributed by atoms with Gasteiger partial charge in [0.05, 0.1) is 25.1 Å². The Labute approximate surface area is 156 Å². The van der Waals surface area contributed by atoms with Crippen LogP contribution in [0.2, 0.25) is 0 Å². The van der Waals surface area contributed by atoms with Gasteiger partial charge in [0.2, 0.25) is 18.3 Å². The number of benzene rings is 1. The highest BCUT2D eigenvalue weighted by Gasteiger charge is 2.38. The Bertz CT molecular complexity index is 759. The van der Waals surface area contributed by atoms with Crippen LogP contribution in [0.25, 0.3) is 0 Å². The summed E-state index contributed by atoms with van der Waals surface area (Å²) in [4.78, 5) is 30.2. The summed E-state index contributed by atoms with van der Waals surface area (Å²) in [5.41, 5.74) is 0.443. The Morgan fingerprint density at radius 2 is 1.52 bits per heavy atom. The van der Waals surface area contributed by atoms with E-state index >= 15 is 0 Å². The number of nitro groups is 2. The molecule has 0 amide bonds. The van der Waals surface area contributed by atoms with Gasteiger partial charge in [-0.05, 0) is 11.5 Å². The molecule has 0 aromatic heterocycles. The third kappa shape index (κ3) is 4.57. The Morgan fingerprint density at radius 1 is 1.00 bits per heavy atom. The molecule has 0 aliphatic carbocycles. The molecule has 0 saturated heterocycles. The number of non-ortho nitro benzene ring substituents is 1. The van der Waals surface area contributed by atoms with Crippen LogP contribution in [0.4, 0.5) is 5.69 Å². The fourth-order valence-corrected chi connectivity index (χ4v) is 2.97. The minimum atomic E-state index is -0.758. The van der Waals surface area contributed by atoms with Crippen LogP contribution in [0.5, 0.6) is 0 Å². The average Bonchev–Trinajstić information content (AvgIpc) is 2.64. The highest BCUT2D eigenvalue weighted by atomic mass is 16.6. The molecule has 0 radical (unpaired) electrons. The Hall–Kier alpha value is -3.04. The number of hydrogen-bond acceptors (Lipinski definition) is 8. The number of rotatable bonds is 6. The SMILES string of the molecule is COC1=N[C@H]([C@@H](C[N+](=O)[O-])c2ccc([N+](=O)[O-])cc2)C(OC)=N[C@H]1C(C)C. The lowest BCUT2D eigenvalue weighted by Gasteiger charge is -2.30. The van der Waals surface area contributed by atoms with Gasteiger partial charge in [-0.15, -0.1) is 0 Å². The number of aliphatic imine (C=N–C) groups is 2. The molecular weight excluding hydrogens is 356 g/mol. The van der Waals surface area contributed by atoms with E-state index in [0.29, 0.717) is 11.5 Å². The Morgan fingerprint density at radius 3 is 1.96 bits per heavy atom. The summed E-state index contributed by atoms with van der Waals surface area (Å²) in [7, 11) is 2.92. The quantitative estimate of drug-likeness (QED) is 0.552. The standard InChI is InChI=1S/C17H22N4O6/c1-10(2)14-16(26-3)19-15(17(18-14)27-4)13(9-20(22)23)11-5-7-12(8-6-11)21(24)25/h5-8,10,13-15H,9H2,1-4H3/t13-,14-,15+/m0/s1. The molecule has 0 fully saturated rings. The van der Waals surface area contributed by atoms with Crippen molar-refractivity contribution in [3.05, 3.63) is 50.1 Å². The van der Waals surface area contributed by atoms with Crippen LogP contribution >= 0.6 is 0 Å². The summed E-state index contributed by atoms with van der Waals surface area (Å²) in [6.45, 7) is 3.49. The smallest absolute Gasteiger partial charge is 0.269 e. The van der Waals surface area contributed by atoms with Crippen LogP contribution in [-0.2, 0) is 9.47 Å². The first-order chi connectivity index (χ1) is 12.8. The van der Waals surface area contributed by atoms with E-state index in [1.165, 1.54) is 38.5 Å². The van der Waals surface area contributed by atoms with E-state index in [1.807, 2.05) is 13.8 Å². The Kier molecular flexibility index (Phi) is 6.43. The maximum absolute atomic E-state index is 11.3. The van der Waals surface area contributed by atoms with Gasteiger partial charge in [-0.1, -0.05) is 26.0 Å². The lowest BCUT2D eigenvalue weighted by atomic mass is 9.89. The minimum Gasteiger partial charge on any atom is -0.483 e. The Balaban J connectivity index is 2.48. The average molecular weight is 378 g/mol. The topological polar surface area (TPSA) is 129 Å². The van der Waals surface area contributed by atoms with Gasteiger partial charge in [0.1, 0.15) is 12.1 Å². The maximum Gasteiger partial charge on any atom is 0.269 e. The second-order valence-corrected chi connectivity index (χ2v) is 6.45. The molecule has 1 heterocycles. The van der Waals surface area contributed by atoms with Crippen LogP contribution in [0.15, 0.2) is 34.3 Å². The third-order valence-corrected chi connectivity index (χ3v) is 4.35. The largest absolute Gasteiger partial charge is 0.483 e. The van der Waals surface area contributed by atoms with Gasteiger partial charge in [-0.25, -0.2) is 9.98 Å². The summed E-state index contributed by atoms with van der Waals surface area (Å²) >= 11 is 0. The highest BCUT2D eigenvalue weighted by Crippen LogP contribution is 2.29. The van der Waals surface area contributed by atoms with Gasteiger partial charge in [0.25, 0.3) is 5.69 Å². The first kappa shape index (κ1) is 20.3. The first-order valence-electron chi connectivity index (χ1n) is 8.38. The zero-order valence-electron chi connectivity index (χ0n) is 15.6. The molecule has 27 heavy (non-hydrogen) atoms. The van der Waals surface area contributed by atoms with Crippen LogP contribution in [0, 0.1) is 26.1 Å². The molecule has 146 valence electrons. The number of nitrogens with zero attached hydrogens (tertiary/aromatic N) is 4. The second kappa shape index (κ2) is 8.56. The van der Waals surface area contributed by atoms with E-state index in [9.17, 15) is 20.2 Å². The third-order valence-electron chi connectivity index (χ3n) is 4.35. The van der Waals surface area contributed by atoms with Gasteiger partial charge in [0.15, 0.2) is 0 Å². The fraction of sp³-hybridized carbons (Fsp3) is 0.529. The van der Waals surface area contributed by atoms with Crippen LogP contribution in [0.3, 0.4) is 0 Å². The molecule has 2 rings (SSSR count). The normalized spacial score (nSPS) is 20.5. The van der Waals surface area contributed by atoms with E-state index in [0.717, 1.165) is 0 Å². The van der Waals surface area contributed by atoms with Gasteiger partial charge >= 0.3 is 0 Å². The molecule has 1 aromatic carbocycles. The molecule has 0 N–H and O–H groups in total. The molecule has 10 nitrogen and oxygen atoms in total. The zero-order chi connectivity index (χ0) is 20.1. The summed E-state index contributed by atoms with van der Waals surface area (Å²) in [6, 6.07) is 4.52. The second-order valence-electron chi connectivity index (χ2n) is 6.45. The molecule has 1 aliphatic heterocycles. The van der Waals surface area contributed by atoms with Crippen LogP contribution < -0.4 is 0 Å². The lowest BCUT2D eigenvalue weighted by molar-refractivity contribution is -0.483. The molecule has 3 atom stereocenters. The predicted molar refractivity (Wildman–Crippen MR) is 99.0 cm³/mol. The summed E-state index contributed by atoms with van der Waals surface area (Å²) in [5, 5.41) is 22.1. The van der Waals surface area contributed by atoms with Crippen molar-refractivity contribution in [2.45, 2.75) is 31.8 Å². The van der Waals surface area contributed by atoms with E-state index in [4.69, 9.17) is 9.47 Å². The molecule has 1 aromatic rings. The van der Waals surface area contributed by atoms with Gasteiger partial charge in [0, 0.05) is 17.1 Å².